The standard InChI is InChI=1S/C14H10BrNOS/c15-11-5-6-14(17)16(8-11)7-10-9-18-13-4-2-1-3-12(10)13/h1-6,8-9H,7H2. The zero-order valence-electron chi connectivity index (χ0n) is 9.47. The molecule has 0 saturated carbocycles. The predicted octanol–water partition coefficient (Wildman–Crippen LogP) is 3.87. The summed E-state index contributed by atoms with van der Waals surface area (Å²) in [6.45, 7) is 0.613. The Hall–Kier alpha value is -1.39. The lowest BCUT2D eigenvalue weighted by Gasteiger charge is -2.05. The molecule has 0 N–H and O–H groups in total. The summed E-state index contributed by atoms with van der Waals surface area (Å²) in [7, 11) is 0. The lowest BCUT2D eigenvalue weighted by Crippen LogP contribution is -2.18. The summed E-state index contributed by atoms with van der Waals surface area (Å²) in [4.78, 5) is 11.8. The van der Waals surface area contributed by atoms with Crippen molar-refractivity contribution in [2.45, 2.75) is 6.54 Å². The van der Waals surface area contributed by atoms with Gasteiger partial charge in [-0.2, -0.15) is 0 Å². The number of benzene rings is 1. The molecule has 3 aromatic rings. The van der Waals surface area contributed by atoms with E-state index in [1.807, 2.05) is 18.3 Å². The van der Waals surface area contributed by atoms with E-state index in [1.165, 1.54) is 15.6 Å². The maximum atomic E-state index is 11.8. The Labute approximate surface area is 117 Å². The third kappa shape index (κ3) is 2.13. The summed E-state index contributed by atoms with van der Waals surface area (Å²) in [5, 5.41) is 3.35. The van der Waals surface area contributed by atoms with Crippen LogP contribution in [0.5, 0.6) is 0 Å². The Morgan fingerprint density at radius 2 is 2.00 bits per heavy atom. The highest BCUT2D eigenvalue weighted by molar-refractivity contribution is 9.10. The third-order valence-corrected chi connectivity index (χ3v) is 4.33. The summed E-state index contributed by atoms with van der Waals surface area (Å²) in [5.41, 5.74) is 1.21. The van der Waals surface area contributed by atoms with Crippen LogP contribution in [0.3, 0.4) is 0 Å². The topological polar surface area (TPSA) is 22.0 Å². The molecule has 0 aliphatic carbocycles. The molecule has 0 amide bonds. The number of aromatic nitrogens is 1. The molecule has 2 aromatic heterocycles. The van der Waals surface area contributed by atoms with Crippen molar-refractivity contribution in [3.8, 4) is 0 Å². The highest BCUT2D eigenvalue weighted by atomic mass is 79.9. The van der Waals surface area contributed by atoms with Crippen molar-refractivity contribution in [2.24, 2.45) is 0 Å². The van der Waals surface area contributed by atoms with E-state index in [0.29, 0.717) is 6.54 Å². The Morgan fingerprint density at radius 3 is 2.89 bits per heavy atom. The van der Waals surface area contributed by atoms with Crippen LogP contribution in [0.2, 0.25) is 0 Å². The van der Waals surface area contributed by atoms with Gasteiger partial charge in [-0.3, -0.25) is 4.79 Å². The van der Waals surface area contributed by atoms with Gasteiger partial charge in [0.15, 0.2) is 0 Å². The molecule has 0 bridgehead atoms. The number of pyridine rings is 1. The van der Waals surface area contributed by atoms with Crippen LogP contribution >= 0.6 is 27.3 Å². The molecule has 2 nitrogen and oxygen atoms in total. The van der Waals surface area contributed by atoms with Gasteiger partial charge in [-0.05, 0) is 44.4 Å². The minimum atomic E-state index is 0.0217. The number of fused-ring (bicyclic) bond motifs is 1. The van der Waals surface area contributed by atoms with E-state index in [1.54, 1.807) is 28.0 Å². The molecule has 0 atom stereocenters. The van der Waals surface area contributed by atoms with E-state index in [9.17, 15) is 4.79 Å². The van der Waals surface area contributed by atoms with Gasteiger partial charge in [0.2, 0.25) is 0 Å². The van der Waals surface area contributed by atoms with Crippen LogP contribution in [-0.2, 0) is 6.54 Å². The van der Waals surface area contributed by atoms with Crippen molar-refractivity contribution >= 4 is 37.4 Å². The molecule has 2 heterocycles. The first kappa shape index (κ1) is 11.7. The summed E-state index contributed by atoms with van der Waals surface area (Å²) in [6.07, 6.45) is 1.83. The van der Waals surface area contributed by atoms with Gasteiger partial charge >= 0.3 is 0 Å². The Balaban J connectivity index is 2.07. The van der Waals surface area contributed by atoms with E-state index in [0.717, 1.165) is 4.47 Å². The number of hydrogen-bond donors (Lipinski definition) is 0. The fraction of sp³-hybridized carbons (Fsp3) is 0.0714. The van der Waals surface area contributed by atoms with E-state index in [-0.39, 0.29) is 5.56 Å². The van der Waals surface area contributed by atoms with Crippen LogP contribution in [0.1, 0.15) is 5.56 Å². The molecule has 1 aromatic carbocycles. The second-order valence-electron chi connectivity index (χ2n) is 4.07. The van der Waals surface area contributed by atoms with Crippen molar-refractivity contribution in [2.75, 3.05) is 0 Å². The first-order valence-corrected chi connectivity index (χ1v) is 7.22. The molecule has 0 unspecified atom stereocenters. The van der Waals surface area contributed by atoms with E-state index >= 15 is 0 Å². The average molecular weight is 320 g/mol. The highest BCUT2D eigenvalue weighted by Crippen LogP contribution is 2.26. The first-order chi connectivity index (χ1) is 8.74. The van der Waals surface area contributed by atoms with Gasteiger partial charge in [0.05, 0.1) is 6.54 Å². The maximum absolute atomic E-state index is 11.8. The molecular weight excluding hydrogens is 310 g/mol. The summed E-state index contributed by atoms with van der Waals surface area (Å²) >= 11 is 5.11. The van der Waals surface area contributed by atoms with Crippen molar-refractivity contribution in [1.82, 2.24) is 4.57 Å². The third-order valence-electron chi connectivity index (χ3n) is 2.85. The SMILES string of the molecule is O=c1ccc(Br)cn1Cc1csc2ccccc12. The number of thiophene rings is 1. The van der Waals surface area contributed by atoms with Crippen molar-refractivity contribution in [3.05, 3.63) is 68.4 Å². The Kier molecular flexibility index (Phi) is 3.06. The van der Waals surface area contributed by atoms with Gasteiger partial charge in [-0.1, -0.05) is 18.2 Å². The lowest BCUT2D eigenvalue weighted by molar-refractivity contribution is 0.762. The molecule has 0 fully saturated rings. The van der Waals surface area contributed by atoms with Crippen LogP contribution in [0.25, 0.3) is 10.1 Å². The van der Waals surface area contributed by atoms with Gasteiger partial charge < -0.3 is 4.57 Å². The summed E-state index contributed by atoms with van der Waals surface area (Å²) in [5.74, 6) is 0. The summed E-state index contributed by atoms with van der Waals surface area (Å²) in [6, 6.07) is 11.6. The van der Waals surface area contributed by atoms with Crippen LogP contribution in [0.4, 0.5) is 0 Å². The molecule has 0 saturated heterocycles. The average Bonchev–Trinajstić information content (AvgIpc) is 2.78. The minimum absolute atomic E-state index is 0.0217. The zero-order chi connectivity index (χ0) is 12.5. The highest BCUT2D eigenvalue weighted by Gasteiger charge is 2.05. The van der Waals surface area contributed by atoms with Crippen molar-refractivity contribution in [3.63, 3.8) is 0 Å². The minimum Gasteiger partial charge on any atom is -0.310 e. The molecule has 90 valence electrons. The quantitative estimate of drug-likeness (QED) is 0.702. The maximum Gasteiger partial charge on any atom is 0.250 e. The predicted molar refractivity (Wildman–Crippen MR) is 79.3 cm³/mol. The lowest BCUT2D eigenvalue weighted by atomic mass is 10.2. The van der Waals surface area contributed by atoms with Crippen LogP contribution < -0.4 is 5.56 Å². The van der Waals surface area contributed by atoms with E-state index in [2.05, 4.69) is 33.4 Å². The van der Waals surface area contributed by atoms with Gasteiger partial charge in [0.25, 0.3) is 5.56 Å². The van der Waals surface area contributed by atoms with Gasteiger partial charge in [0, 0.05) is 21.4 Å². The molecule has 0 aliphatic heterocycles. The Morgan fingerprint density at radius 1 is 1.17 bits per heavy atom. The molecule has 4 heteroatoms. The second-order valence-corrected chi connectivity index (χ2v) is 5.90. The van der Waals surface area contributed by atoms with E-state index < -0.39 is 0 Å². The molecule has 0 aliphatic rings. The molecule has 0 radical (unpaired) electrons. The van der Waals surface area contributed by atoms with Crippen molar-refractivity contribution < 1.29 is 0 Å². The van der Waals surface area contributed by atoms with Gasteiger partial charge in [-0.25, -0.2) is 0 Å². The fourth-order valence-corrected chi connectivity index (χ4v) is 3.30. The normalized spacial score (nSPS) is 10.9. The number of halogens is 1. The number of nitrogens with zero attached hydrogens (tertiary/aromatic N) is 1. The molecule has 18 heavy (non-hydrogen) atoms. The summed E-state index contributed by atoms with van der Waals surface area (Å²) < 4.78 is 3.90. The Bertz CT molecular complexity index is 760. The fourth-order valence-electron chi connectivity index (χ4n) is 1.96. The molecular formula is C14H10BrNOS. The molecule has 3 rings (SSSR count). The monoisotopic (exact) mass is 319 g/mol. The van der Waals surface area contributed by atoms with Gasteiger partial charge in [0.1, 0.15) is 0 Å². The van der Waals surface area contributed by atoms with Crippen LogP contribution in [-0.4, -0.2) is 4.57 Å². The van der Waals surface area contributed by atoms with Crippen LogP contribution in [0, 0.1) is 0 Å². The number of rotatable bonds is 2. The molecule has 0 spiro atoms. The number of hydrogen-bond acceptors (Lipinski definition) is 2. The van der Waals surface area contributed by atoms with Gasteiger partial charge in [-0.15, -0.1) is 11.3 Å². The first-order valence-electron chi connectivity index (χ1n) is 5.55. The largest absolute Gasteiger partial charge is 0.310 e. The smallest absolute Gasteiger partial charge is 0.250 e. The van der Waals surface area contributed by atoms with Crippen LogP contribution in [0.15, 0.2) is 57.2 Å². The van der Waals surface area contributed by atoms with Crippen molar-refractivity contribution in [1.29, 1.82) is 0 Å². The zero-order valence-corrected chi connectivity index (χ0v) is 11.9. The second kappa shape index (κ2) is 4.71. The van der Waals surface area contributed by atoms with E-state index in [4.69, 9.17) is 0 Å².